The first-order chi connectivity index (χ1) is 10.1. The summed E-state index contributed by atoms with van der Waals surface area (Å²) in [4.78, 5) is 1.35. The number of benzene rings is 2. The molecule has 0 heterocycles. The molecule has 112 valence electrons. The van der Waals surface area contributed by atoms with Crippen LogP contribution in [-0.2, 0) is 12.3 Å². The topological polar surface area (TPSA) is 12.0 Å². The molecule has 0 radical (unpaired) electrons. The van der Waals surface area contributed by atoms with Gasteiger partial charge in [0.15, 0.2) is 0 Å². The van der Waals surface area contributed by atoms with Gasteiger partial charge in [-0.25, -0.2) is 0 Å². The molecule has 0 fully saturated rings. The Hall–Kier alpha value is -1.25. The fraction of sp³-hybridized carbons (Fsp3) is 0.368. The molecule has 0 aliphatic carbocycles. The number of rotatable bonds is 6. The summed E-state index contributed by atoms with van der Waals surface area (Å²) in [5.74, 6) is 1.04. The maximum Gasteiger partial charge on any atom is 0.0237 e. The van der Waals surface area contributed by atoms with Gasteiger partial charge in [-0.2, -0.15) is 0 Å². The first-order valence-corrected chi connectivity index (χ1v) is 8.55. The fourth-order valence-electron chi connectivity index (χ4n) is 2.30. The molecule has 21 heavy (non-hydrogen) atoms. The number of hydrogen-bond donors (Lipinski definition) is 1. The first-order valence-electron chi connectivity index (χ1n) is 7.56. The van der Waals surface area contributed by atoms with E-state index >= 15 is 0 Å². The van der Waals surface area contributed by atoms with Crippen LogP contribution in [0.5, 0.6) is 0 Å². The number of hydrogen-bond acceptors (Lipinski definition) is 2. The summed E-state index contributed by atoms with van der Waals surface area (Å²) in [5.41, 5.74) is 5.60. The van der Waals surface area contributed by atoms with Gasteiger partial charge in [0.2, 0.25) is 0 Å². The highest BCUT2D eigenvalue weighted by molar-refractivity contribution is 7.98. The van der Waals surface area contributed by atoms with E-state index in [0.29, 0.717) is 6.04 Å². The summed E-state index contributed by atoms with van der Waals surface area (Å²) in [6, 6.07) is 15.9. The minimum Gasteiger partial charge on any atom is -0.310 e. The van der Waals surface area contributed by atoms with Crippen LogP contribution in [0.4, 0.5) is 0 Å². The maximum atomic E-state index is 3.47. The molecule has 0 unspecified atom stereocenters. The van der Waals surface area contributed by atoms with Crippen molar-refractivity contribution in [1.82, 2.24) is 5.32 Å². The van der Waals surface area contributed by atoms with Crippen LogP contribution in [0.15, 0.2) is 47.4 Å². The molecule has 0 aliphatic rings. The third-order valence-corrected chi connectivity index (χ3v) is 4.66. The van der Waals surface area contributed by atoms with E-state index in [1.54, 1.807) is 0 Å². The van der Waals surface area contributed by atoms with Gasteiger partial charge in [-0.15, -0.1) is 11.8 Å². The van der Waals surface area contributed by atoms with Gasteiger partial charge < -0.3 is 5.32 Å². The predicted molar refractivity (Wildman–Crippen MR) is 93.9 cm³/mol. The number of nitrogens with one attached hydrogen (secondary N) is 1. The first kappa shape index (κ1) is 16.1. The second kappa shape index (κ2) is 7.67. The van der Waals surface area contributed by atoms with Crippen LogP contribution in [0.25, 0.3) is 0 Å². The van der Waals surface area contributed by atoms with E-state index in [-0.39, 0.29) is 0 Å². The van der Waals surface area contributed by atoms with Crippen molar-refractivity contribution in [2.24, 2.45) is 0 Å². The van der Waals surface area contributed by atoms with Gasteiger partial charge in [-0.1, -0.05) is 44.2 Å². The standard InChI is InChI=1S/C19H25NS/c1-14(2)20-12-17-9-6-10-18(11-17)21-13-19-15(3)7-5-8-16(19)4/h5-11,14,20H,12-13H2,1-4H3. The SMILES string of the molecule is Cc1cccc(C)c1CSc1cccc(CNC(C)C)c1. The van der Waals surface area contributed by atoms with Crippen molar-refractivity contribution in [3.63, 3.8) is 0 Å². The average molecular weight is 299 g/mol. The van der Waals surface area contributed by atoms with E-state index in [4.69, 9.17) is 0 Å². The summed E-state index contributed by atoms with van der Waals surface area (Å²) in [6.07, 6.45) is 0. The normalized spacial score (nSPS) is 11.1. The second-order valence-electron chi connectivity index (χ2n) is 5.84. The van der Waals surface area contributed by atoms with Gasteiger partial charge in [0.25, 0.3) is 0 Å². The Morgan fingerprint density at radius 3 is 2.33 bits per heavy atom. The molecular formula is C19H25NS. The second-order valence-corrected chi connectivity index (χ2v) is 6.89. The highest BCUT2D eigenvalue weighted by Gasteiger charge is 2.04. The molecule has 2 heteroatoms. The molecule has 0 aliphatic heterocycles. The van der Waals surface area contributed by atoms with Crippen LogP contribution in [0, 0.1) is 13.8 Å². The van der Waals surface area contributed by atoms with Crippen LogP contribution in [0.3, 0.4) is 0 Å². The van der Waals surface area contributed by atoms with Gasteiger partial charge >= 0.3 is 0 Å². The molecule has 2 aromatic carbocycles. The predicted octanol–water partition coefficient (Wildman–Crippen LogP) is 5.09. The molecule has 0 spiro atoms. The molecule has 0 saturated heterocycles. The van der Waals surface area contributed by atoms with Crippen LogP contribution in [0.2, 0.25) is 0 Å². The smallest absolute Gasteiger partial charge is 0.0237 e. The lowest BCUT2D eigenvalue weighted by Crippen LogP contribution is -2.21. The van der Waals surface area contributed by atoms with Crippen LogP contribution >= 0.6 is 11.8 Å². The molecular weight excluding hydrogens is 274 g/mol. The van der Waals surface area contributed by atoms with Crippen LogP contribution in [0.1, 0.15) is 36.1 Å². The van der Waals surface area contributed by atoms with Gasteiger partial charge in [-0.05, 0) is 48.2 Å². The van der Waals surface area contributed by atoms with Crippen molar-refractivity contribution in [2.45, 2.75) is 50.9 Å². The van der Waals surface area contributed by atoms with Gasteiger partial charge in [0.05, 0.1) is 0 Å². The van der Waals surface area contributed by atoms with E-state index in [2.05, 4.69) is 75.5 Å². The van der Waals surface area contributed by atoms with Crippen molar-refractivity contribution in [2.75, 3.05) is 0 Å². The van der Waals surface area contributed by atoms with Crippen molar-refractivity contribution in [3.8, 4) is 0 Å². The highest BCUT2D eigenvalue weighted by Crippen LogP contribution is 2.26. The van der Waals surface area contributed by atoms with Gasteiger partial charge in [-0.3, -0.25) is 0 Å². The van der Waals surface area contributed by atoms with Crippen LogP contribution in [-0.4, -0.2) is 6.04 Å². The van der Waals surface area contributed by atoms with Crippen molar-refractivity contribution < 1.29 is 0 Å². The molecule has 1 nitrogen and oxygen atoms in total. The molecule has 2 rings (SSSR count). The van der Waals surface area contributed by atoms with Gasteiger partial charge in [0, 0.05) is 23.2 Å². The van der Waals surface area contributed by atoms with E-state index in [0.717, 1.165) is 12.3 Å². The zero-order valence-corrected chi connectivity index (χ0v) is 14.3. The Bertz CT molecular complexity index is 570. The van der Waals surface area contributed by atoms with E-state index in [1.807, 2.05) is 11.8 Å². The van der Waals surface area contributed by atoms with Crippen LogP contribution < -0.4 is 5.32 Å². The Labute approximate surface area is 133 Å². The zero-order chi connectivity index (χ0) is 15.2. The molecule has 0 aromatic heterocycles. The fourth-order valence-corrected chi connectivity index (χ4v) is 3.48. The third kappa shape index (κ3) is 4.90. The monoisotopic (exact) mass is 299 g/mol. The quantitative estimate of drug-likeness (QED) is 0.745. The highest BCUT2D eigenvalue weighted by atomic mass is 32.2. The average Bonchev–Trinajstić information content (AvgIpc) is 2.45. The van der Waals surface area contributed by atoms with Gasteiger partial charge in [0.1, 0.15) is 0 Å². The molecule has 1 N–H and O–H groups in total. The molecule has 0 atom stereocenters. The maximum absolute atomic E-state index is 3.47. The molecule has 2 aromatic rings. The summed E-state index contributed by atoms with van der Waals surface area (Å²) in [7, 11) is 0. The minimum atomic E-state index is 0.524. The minimum absolute atomic E-state index is 0.524. The summed E-state index contributed by atoms with van der Waals surface area (Å²) in [6.45, 7) is 9.70. The Balaban J connectivity index is 2.01. The van der Waals surface area contributed by atoms with Crippen molar-refractivity contribution in [1.29, 1.82) is 0 Å². The summed E-state index contributed by atoms with van der Waals surface area (Å²) in [5, 5.41) is 3.47. The Morgan fingerprint density at radius 1 is 1.00 bits per heavy atom. The molecule has 0 amide bonds. The zero-order valence-electron chi connectivity index (χ0n) is 13.4. The van der Waals surface area contributed by atoms with E-state index in [9.17, 15) is 0 Å². The van der Waals surface area contributed by atoms with E-state index < -0.39 is 0 Å². The summed E-state index contributed by atoms with van der Waals surface area (Å²) < 4.78 is 0. The van der Waals surface area contributed by atoms with E-state index in [1.165, 1.54) is 27.1 Å². The largest absolute Gasteiger partial charge is 0.310 e. The lowest BCUT2D eigenvalue weighted by Gasteiger charge is -2.11. The Kier molecular flexibility index (Phi) is 5.89. The molecule has 0 bridgehead atoms. The lowest BCUT2D eigenvalue weighted by molar-refractivity contribution is 0.588. The van der Waals surface area contributed by atoms with Crippen molar-refractivity contribution in [3.05, 3.63) is 64.7 Å². The summed E-state index contributed by atoms with van der Waals surface area (Å²) >= 11 is 1.92. The number of thioether (sulfide) groups is 1. The molecule has 0 saturated carbocycles. The Morgan fingerprint density at radius 2 is 1.67 bits per heavy atom. The van der Waals surface area contributed by atoms with Crippen molar-refractivity contribution >= 4 is 11.8 Å². The lowest BCUT2D eigenvalue weighted by atomic mass is 10.1. The third-order valence-electron chi connectivity index (χ3n) is 3.64. The number of aryl methyl sites for hydroxylation is 2.